The van der Waals surface area contributed by atoms with Crippen molar-refractivity contribution in [3.8, 4) is 0 Å². The Bertz CT molecular complexity index is 556. The van der Waals surface area contributed by atoms with Gasteiger partial charge in [-0.05, 0) is 44.8 Å². The molecule has 0 saturated carbocycles. The minimum atomic E-state index is 0. The fourth-order valence-corrected chi connectivity index (χ4v) is 4.60. The van der Waals surface area contributed by atoms with Crippen LogP contribution in [-0.4, -0.2) is 51.4 Å². The van der Waals surface area contributed by atoms with Crippen molar-refractivity contribution in [2.75, 3.05) is 24.6 Å². The Balaban J connectivity index is 0.00000243. The molecule has 2 N–H and O–H groups in total. The van der Waals surface area contributed by atoms with E-state index in [0.29, 0.717) is 6.04 Å². The standard InChI is InChI=1S/C18H32N6S.HI/c1-2-19-18(21-15-8-7-13-25-14-15)20-11-6-10-17-23-22-16-9-4-3-5-12-24(16)17;/h15H,2-14H2,1H3,(H2,19,20,21);1H. The number of hydrogen-bond acceptors (Lipinski definition) is 4. The third kappa shape index (κ3) is 6.58. The Kier molecular flexibility index (Phi) is 10.1. The van der Waals surface area contributed by atoms with E-state index in [2.05, 4.69) is 32.3 Å². The van der Waals surface area contributed by atoms with E-state index in [1.807, 2.05) is 11.8 Å². The predicted molar refractivity (Wildman–Crippen MR) is 121 cm³/mol. The first-order chi connectivity index (χ1) is 12.4. The van der Waals surface area contributed by atoms with Gasteiger partial charge in [0.2, 0.25) is 0 Å². The topological polar surface area (TPSA) is 67.1 Å². The minimum Gasteiger partial charge on any atom is -0.357 e. The number of guanidine groups is 1. The summed E-state index contributed by atoms with van der Waals surface area (Å²) in [5, 5.41) is 15.8. The highest BCUT2D eigenvalue weighted by Crippen LogP contribution is 2.17. The SMILES string of the molecule is CCNC(=NCCCc1nnc2n1CCCCC2)NC1CCCSC1.I. The molecule has 2 aliphatic rings. The zero-order valence-electron chi connectivity index (χ0n) is 15.9. The van der Waals surface area contributed by atoms with E-state index in [1.54, 1.807) is 0 Å². The highest BCUT2D eigenvalue weighted by molar-refractivity contribution is 14.0. The van der Waals surface area contributed by atoms with Gasteiger partial charge in [0.15, 0.2) is 5.96 Å². The Morgan fingerprint density at radius 3 is 3.00 bits per heavy atom. The second-order valence-corrected chi connectivity index (χ2v) is 8.07. The lowest BCUT2D eigenvalue weighted by Crippen LogP contribution is -2.45. The summed E-state index contributed by atoms with van der Waals surface area (Å²) in [4.78, 5) is 4.77. The van der Waals surface area contributed by atoms with Crippen LogP contribution in [0.15, 0.2) is 4.99 Å². The van der Waals surface area contributed by atoms with Crippen molar-refractivity contribution in [2.24, 2.45) is 4.99 Å². The summed E-state index contributed by atoms with van der Waals surface area (Å²) in [6.07, 6.45) is 9.44. The summed E-state index contributed by atoms with van der Waals surface area (Å²) in [6, 6.07) is 0.559. The molecule has 3 rings (SSSR count). The van der Waals surface area contributed by atoms with Gasteiger partial charge in [0.25, 0.3) is 0 Å². The fraction of sp³-hybridized carbons (Fsp3) is 0.833. The average molecular weight is 492 g/mol. The molecule has 1 fully saturated rings. The molecule has 1 atom stereocenters. The number of rotatable bonds is 6. The van der Waals surface area contributed by atoms with Crippen molar-refractivity contribution in [3.63, 3.8) is 0 Å². The zero-order chi connectivity index (χ0) is 17.3. The van der Waals surface area contributed by atoms with E-state index in [-0.39, 0.29) is 24.0 Å². The Morgan fingerprint density at radius 2 is 2.19 bits per heavy atom. The van der Waals surface area contributed by atoms with Crippen molar-refractivity contribution >= 4 is 41.7 Å². The molecule has 0 bridgehead atoms. The number of fused-ring (bicyclic) bond motifs is 1. The lowest BCUT2D eigenvalue weighted by molar-refractivity contribution is 0.580. The van der Waals surface area contributed by atoms with Crippen LogP contribution < -0.4 is 10.6 Å². The summed E-state index contributed by atoms with van der Waals surface area (Å²) in [5.74, 6) is 5.79. The largest absolute Gasteiger partial charge is 0.357 e. The van der Waals surface area contributed by atoms with Gasteiger partial charge in [-0.15, -0.1) is 34.2 Å². The molecule has 3 heterocycles. The fourth-order valence-electron chi connectivity index (χ4n) is 3.53. The molecule has 0 radical (unpaired) electrons. The van der Waals surface area contributed by atoms with Gasteiger partial charge in [0.1, 0.15) is 11.6 Å². The Hall–Kier alpha value is -0.510. The number of aliphatic imine (C=N–C) groups is 1. The lowest BCUT2D eigenvalue weighted by atomic mass is 10.2. The first kappa shape index (κ1) is 21.8. The summed E-state index contributed by atoms with van der Waals surface area (Å²) in [7, 11) is 0. The predicted octanol–water partition coefficient (Wildman–Crippen LogP) is 3.01. The maximum atomic E-state index is 4.77. The molecule has 26 heavy (non-hydrogen) atoms. The molecule has 6 nitrogen and oxygen atoms in total. The maximum Gasteiger partial charge on any atom is 0.191 e. The molecule has 0 spiro atoms. The van der Waals surface area contributed by atoms with Crippen LogP contribution in [0.2, 0.25) is 0 Å². The van der Waals surface area contributed by atoms with Gasteiger partial charge in [-0.1, -0.05) is 6.42 Å². The van der Waals surface area contributed by atoms with Crippen LogP contribution in [0, 0.1) is 0 Å². The quantitative estimate of drug-likeness (QED) is 0.277. The molecule has 1 aromatic heterocycles. The van der Waals surface area contributed by atoms with Crippen molar-refractivity contribution in [1.82, 2.24) is 25.4 Å². The van der Waals surface area contributed by atoms with E-state index < -0.39 is 0 Å². The number of aromatic nitrogens is 3. The van der Waals surface area contributed by atoms with Crippen LogP contribution >= 0.6 is 35.7 Å². The molecule has 1 saturated heterocycles. The van der Waals surface area contributed by atoms with Gasteiger partial charge in [0.05, 0.1) is 0 Å². The van der Waals surface area contributed by atoms with Crippen LogP contribution in [0.25, 0.3) is 0 Å². The highest BCUT2D eigenvalue weighted by Gasteiger charge is 2.15. The number of aryl methyl sites for hydroxylation is 2. The molecule has 2 aliphatic heterocycles. The molecular weight excluding hydrogens is 459 g/mol. The summed E-state index contributed by atoms with van der Waals surface area (Å²) in [5.41, 5.74) is 0. The monoisotopic (exact) mass is 492 g/mol. The van der Waals surface area contributed by atoms with E-state index in [4.69, 9.17) is 4.99 Å². The molecule has 0 amide bonds. The number of halogens is 1. The maximum absolute atomic E-state index is 4.77. The highest BCUT2D eigenvalue weighted by atomic mass is 127. The van der Waals surface area contributed by atoms with Crippen LogP contribution in [0.1, 0.15) is 57.1 Å². The van der Waals surface area contributed by atoms with E-state index >= 15 is 0 Å². The number of thioether (sulfide) groups is 1. The van der Waals surface area contributed by atoms with Crippen molar-refractivity contribution in [1.29, 1.82) is 0 Å². The molecule has 8 heteroatoms. The molecular formula is C18H33IN6S. The number of hydrogen-bond donors (Lipinski definition) is 2. The normalized spacial score (nSPS) is 20.7. The van der Waals surface area contributed by atoms with Crippen molar-refractivity contribution in [2.45, 2.75) is 70.9 Å². The van der Waals surface area contributed by atoms with Gasteiger partial charge in [-0.3, -0.25) is 4.99 Å². The zero-order valence-corrected chi connectivity index (χ0v) is 19.0. The van der Waals surface area contributed by atoms with Crippen LogP contribution in [0.4, 0.5) is 0 Å². The molecule has 1 unspecified atom stereocenters. The molecule has 0 aliphatic carbocycles. The van der Waals surface area contributed by atoms with Crippen molar-refractivity contribution in [3.05, 3.63) is 11.6 Å². The smallest absolute Gasteiger partial charge is 0.191 e. The second kappa shape index (κ2) is 12.0. The van der Waals surface area contributed by atoms with E-state index in [0.717, 1.165) is 50.7 Å². The Morgan fingerprint density at radius 1 is 1.27 bits per heavy atom. The van der Waals surface area contributed by atoms with Gasteiger partial charge in [0, 0.05) is 44.3 Å². The molecule has 0 aromatic carbocycles. The average Bonchev–Trinajstić information content (AvgIpc) is 2.86. The third-order valence-corrected chi connectivity index (χ3v) is 6.08. The van der Waals surface area contributed by atoms with Gasteiger partial charge < -0.3 is 15.2 Å². The van der Waals surface area contributed by atoms with Crippen molar-refractivity contribution < 1.29 is 0 Å². The molecule has 148 valence electrons. The minimum absolute atomic E-state index is 0. The lowest BCUT2D eigenvalue weighted by Gasteiger charge is -2.24. The summed E-state index contributed by atoms with van der Waals surface area (Å²) < 4.78 is 2.35. The molecule has 1 aromatic rings. The number of nitrogens with one attached hydrogen (secondary N) is 2. The van der Waals surface area contributed by atoms with Crippen LogP contribution in [0.5, 0.6) is 0 Å². The third-order valence-electron chi connectivity index (χ3n) is 4.86. The van der Waals surface area contributed by atoms with Gasteiger partial charge >= 0.3 is 0 Å². The van der Waals surface area contributed by atoms with Gasteiger partial charge in [-0.2, -0.15) is 11.8 Å². The van der Waals surface area contributed by atoms with Crippen LogP contribution in [0.3, 0.4) is 0 Å². The van der Waals surface area contributed by atoms with Crippen LogP contribution in [-0.2, 0) is 19.4 Å². The first-order valence-corrected chi connectivity index (χ1v) is 11.1. The summed E-state index contributed by atoms with van der Waals surface area (Å²) in [6.45, 7) is 4.95. The van der Waals surface area contributed by atoms with E-state index in [9.17, 15) is 0 Å². The second-order valence-electron chi connectivity index (χ2n) is 6.92. The Labute approximate surface area is 178 Å². The van der Waals surface area contributed by atoms with E-state index in [1.165, 1.54) is 49.4 Å². The van der Waals surface area contributed by atoms with Gasteiger partial charge in [-0.25, -0.2) is 0 Å². The first-order valence-electron chi connectivity index (χ1n) is 9.90. The summed E-state index contributed by atoms with van der Waals surface area (Å²) >= 11 is 2.04. The number of nitrogens with zero attached hydrogens (tertiary/aromatic N) is 4.